The molecule has 0 aromatic carbocycles. The predicted octanol–water partition coefficient (Wildman–Crippen LogP) is 1.22. The van der Waals surface area contributed by atoms with E-state index in [-0.39, 0.29) is 12.1 Å². The number of rotatable bonds is 7. The highest BCUT2D eigenvalue weighted by Crippen LogP contribution is 2.17. The first-order chi connectivity index (χ1) is 7.72. The van der Waals surface area contributed by atoms with Crippen LogP contribution in [0, 0.1) is 0 Å². The first kappa shape index (κ1) is 13.2. The summed E-state index contributed by atoms with van der Waals surface area (Å²) in [7, 11) is 0. The molecule has 16 heavy (non-hydrogen) atoms. The van der Waals surface area contributed by atoms with Gasteiger partial charge in [-0.25, -0.2) is 0 Å². The van der Waals surface area contributed by atoms with E-state index in [0.717, 1.165) is 18.5 Å². The smallest absolute Gasteiger partial charge is 0.0755 e. The SMILES string of the molecule is CCCn1cc(C(NN)C(C)OCC)cn1. The summed E-state index contributed by atoms with van der Waals surface area (Å²) < 4.78 is 7.47. The second-order valence-electron chi connectivity index (χ2n) is 3.84. The van der Waals surface area contributed by atoms with E-state index in [1.54, 1.807) is 0 Å². The molecule has 2 unspecified atom stereocenters. The highest BCUT2D eigenvalue weighted by molar-refractivity contribution is 5.11. The van der Waals surface area contributed by atoms with E-state index < -0.39 is 0 Å². The average molecular weight is 226 g/mol. The molecule has 0 saturated heterocycles. The zero-order chi connectivity index (χ0) is 12.0. The number of aromatic nitrogens is 2. The topological polar surface area (TPSA) is 65.1 Å². The van der Waals surface area contributed by atoms with Crippen molar-refractivity contribution in [3.63, 3.8) is 0 Å². The molecule has 0 aliphatic carbocycles. The molecule has 1 heterocycles. The summed E-state index contributed by atoms with van der Waals surface area (Å²) in [4.78, 5) is 0. The third-order valence-electron chi connectivity index (χ3n) is 2.54. The number of aryl methyl sites for hydroxylation is 1. The summed E-state index contributed by atoms with van der Waals surface area (Å²) in [6.07, 6.45) is 4.97. The van der Waals surface area contributed by atoms with E-state index in [1.165, 1.54) is 0 Å². The molecule has 3 N–H and O–H groups in total. The van der Waals surface area contributed by atoms with Crippen LogP contribution in [0.3, 0.4) is 0 Å². The van der Waals surface area contributed by atoms with Crippen LogP contribution in [-0.2, 0) is 11.3 Å². The van der Waals surface area contributed by atoms with Crippen molar-refractivity contribution in [1.29, 1.82) is 0 Å². The molecule has 0 radical (unpaired) electrons. The molecular formula is C11H22N4O. The van der Waals surface area contributed by atoms with Crippen molar-refractivity contribution in [3.05, 3.63) is 18.0 Å². The van der Waals surface area contributed by atoms with Crippen molar-refractivity contribution in [2.45, 2.75) is 45.9 Å². The van der Waals surface area contributed by atoms with Crippen molar-refractivity contribution >= 4 is 0 Å². The Kier molecular flexibility index (Phi) is 5.45. The predicted molar refractivity (Wildman–Crippen MR) is 63.7 cm³/mol. The molecule has 0 saturated carbocycles. The molecule has 0 aliphatic rings. The summed E-state index contributed by atoms with van der Waals surface area (Å²) in [5, 5.41) is 4.28. The van der Waals surface area contributed by atoms with Crippen molar-refractivity contribution in [1.82, 2.24) is 15.2 Å². The summed E-state index contributed by atoms with van der Waals surface area (Å²) in [6, 6.07) is -0.00874. The number of hydrogen-bond donors (Lipinski definition) is 2. The Bertz CT molecular complexity index is 300. The van der Waals surface area contributed by atoms with Crippen molar-refractivity contribution in [2.24, 2.45) is 5.84 Å². The molecule has 1 aromatic heterocycles. The lowest BCUT2D eigenvalue weighted by atomic mass is 10.1. The lowest BCUT2D eigenvalue weighted by molar-refractivity contribution is 0.0472. The van der Waals surface area contributed by atoms with Crippen LogP contribution in [0.2, 0.25) is 0 Å². The summed E-state index contributed by atoms with van der Waals surface area (Å²) in [5.74, 6) is 5.55. The van der Waals surface area contributed by atoms with Gasteiger partial charge in [-0.05, 0) is 20.3 Å². The minimum atomic E-state index is -0.00874. The maximum atomic E-state index is 5.55. The summed E-state index contributed by atoms with van der Waals surface area (Å²) in [6.45, 7) is 7.72. The van der Waals surface area contributed by atoms with Crippen LogP contribution in [-0.4, -0.2) is 22.5 Å². The zero-order valence-electron chi connectivity index (χ0n) is 10.3. The number of hydrogen-bond acceptors (Lipinski definition) is 4. The van der Waals surface area contributed by atoms with E-state index in [0.29, 0.717) is 6.61 Å². The second kappa shape index (κ2) is 6.62. The molecule has 2 atom stereocenters. The summed E-state index contributed by atoms with van der Waals surface area (Å²) in [5.41, 5.74) is 3.85. The molecule has 0 spiro atoms. The van der Waals surface area contributed by atoms with Gasteiger partial charge in [0.05, 0.1) is 18.3 Å². The van der Waals surface area contributed by atoms with Gasteiger partial charge in [-0.2, -0.15) is 5.10 Å². The second-order valence-corrected chi connectivity index (χ2v) is 3.84. The fourth-order valence-electron chi connectivity index (χ4n) is 1.75. The Balaban J connectivity index is 2.70. The van der Waals surface area contributed by atoms with Crippen LogP contribution in [0.25, 0.3) is 0 Å². The maximum absolute atomic E-state index is 5.55. The van der Waals surface area contributed by atoms with Crippen LogP contribution in [0.15, 0.2) is 12.4 Å². The third-order valence-corrected chi connectivity index (χ3v) is 2.54. The van der Waals surface area contributed by atoms with Gasteiger partial charge in [0.1, 0.15) is 0 Å². The molecule has 5 heteroatoms. The van der Waals surface area contributed by atoms with E-state index >= 15 is 0 Å². The Hall–Kier alpha value is -0.910. The highest BCUT2D eigenvalue weighted by Gasteiger charge is 2.19. The molecule has 1 rings (SSSR count). The Morgan fingerprint density at radius 1 is 1.56 bits per heavy atom. The van der Waals surface area contributed by atoms with E-state index in [4.69, 9.17) is 10.6 Å². The monoisotopic (exact) mass is 226 g/mol. The van der Waals surface area contributed by atoms with E-state index in [1.807, 2.05) is 30.9 Å². The van der Waals surface area contributed by atoms with Crippen LogP contribution < -0.4 is 11.3 Å². The molecule has 0 bridgehead atoms. The first-order valence-corrected chi connectivity index (χ1v) is 5.83. The first-order valence-electron chi connectivity index (χ1n) is 5.83. The van der Waals surface area contributed by atoms with Crippen molar-refractivity contribution < 1.29 is 4.74 Å². The van der Waals surface area contributed by atoms with Crippen LogP contribution in [0.1, 0.15) is 38.8 Å². The minimum absolute atomic E-state index is 0.00874. The van der Waals surface area contributed by atoms with Gasteiger partial charge in [0.25, 0.3) is 0 Å². The Morgan fingerprint density at radius 3 is 2.88 bits per heavy atom. The normalized spacial score (nSPS) is 15.0. The zero-order valence-corrected chi connectivity index (χ0v) is 10.3. The Morgan fingerprint density at radius 2 is 2.31 bits per heavy atom. The van der Waals surface area contributed by atoms with Gasteiger partial charge in [-0.3, -0.25) is 16.0 Å². The lowest BCUT2D eigenvalue weighted by Gasteiger charge is -2.21. The van der Waals surface area contributed by atoms with Crippen LogP contribution in [0.5, 0.6) is 0 Å². The Labute approximate surface area is 96.9 Å². The average Bonchev–Trinajstić information content (AvgIpc) is 2.68. The van der Waals surface area contributed by atoms with E-state index in [9.17, 15) is 0 Å². The van der Waals surface area contributed by atoms with Gasteiger partial charge in [0.2, 0.25) is 0 Å². The number of ether oxygens (including phenoxy) is 1. The maximum Gasteiger partial charge on any atom is 0.0755 e. The number of nitrogens with zero attached hydrogens (tertiary/aromatic N) is 2. The molecular weight excluding hydrogens is 204 g/mol. The number of nitrogens with one attached hydrogen (secondary N) is 1. The van der Waals surface area contributed by atoms with Gasteiger partial charge in [0, 0.05) is 24.9 Å². The molecule has 1 aromatic rings. The fraction of sp³-hybridized carbons (Fsp3) is 0.727. The minimum Gasteiger partial charge on any atom is -0.377 e. The standard InChI is InChI=1S/C11H22N4O/c1-4-6-15-8-10(7-13-15)11(14-12)9(3)16-5-2/h7-9,11,14H,4-6,12H2,1-3H3. The van der Waals surface area contributed by atoms with E-state index in [2.05, 4.69) is 17.4 Å². The largest absolute Gasteiger partial charge is 0.377 e. The van der Waals surface area contributed by atoms with Gasteiger partial charge in [0.15, 0.2) is 0 Å². The number of nitrogens with two attached hydrogens (primary N) is 1. The molecule has 92 valence electrons. The number of hydrazine groups is 1. The lowest BCUT2D eigenvalue weighted by Crippen LogP contribution is -2.36. The van der Waals surface area contributed by atoms with Gasteiger partial charge in [-0.1, -0.05) is 6.92 Å². The molecule has 5 nitrogen and oxygen atoms in total. The van der Waals surface area contributed by atoms with Crippen molar-refractivity contribution in [2.75, 3.05) is 6.61 Å². The molecule has 0 amide bonds. The van der Waals surface area contributed by atoms with Crippen LogP contribution in [0.4, 0.5) is 0 Å². The van der Waals surface area contributed by atoms with Gasteiger partial charge < -0.3 is 4.74 Å². The van der Waals surface area contributed by atoms with Gasteiger partial charge >= 0.3 is 0 Å². The fourth-order valence-corrected chi connectivity index (χ4v) is 1.75. The van der Waals surface area contributed by atoms with Crippen LogP contribution >= 0.6 is 0 Å². The van der Waals surface area contributed by atoms with Crippen molar-refractivity contribution in [3.8, 4) is 0 Å². The molecule has 0 aliphatic heterocycles. The molecule has 0 fully saturated rings. The third kappa shape index (κ3) is 3.30. The van der Waals surface area contributed by atoms with Gasteiger partial charge in [-0.15, -0.1) is 0 Å². The quantitative estimate of drug-likeness (QED) is 0.542. The summed E-state index contributed by atoms with van der Waals surface area (Å²) >= 11 is 0. The highest BCUT2D eigenvalue weighted by atomic mass is 16.5.